The van der Waals surface area contributed by atoms with Crippen LogP contribution in [0.15, 0.2) is 36.5 Å². The van der Waals surface area contributed by atoms with Gasteiger partial charge in [0.25, 0.3) is 5.91 Å². The lowest BCUT2D eigenvalue weighted by Crippen LogP contribution is -2.43. The number of likely N-dealkylation sites (tertiary alicyclic amines) is 1. The molecule has 1 atom stereocenters. The molecule has 1 saturated heterocycles. The van der Waals surface area contributed by atoms with Gasteiger partial charge in [-0.1, -0.05) is 11.6 Å². The first-order chi connectivity index (χ1) is 13.4. The number of rotatable bonds is 6. The largest absolute Gasteiger partial charge is 0.454 e. The van der Waals surface area contributed by atoms with Gasteiger partial charge in [0.05, 0.1) is 0 Å². The Morgan fingerprint density at radius 3 is 2.96 bits per heavy atom. The molecule has 7 heteroatoms. The van der Waals surface area contributed by atoms with E-state index in [-0.39, 0.29) is 17.4 Å². The Labute approximate surface area is 169 Å². The molecule has 3 rings (SSSR count). The van der Waals surface area contributed by atoms with Gasteiger partial charge in [-0.15, -0.1) is 0 Å². The maximum Gasteiger partial charge on any atom is 0.270 e. The van der Waals surface area contributed by atoms with Crippen molar-refractivity contribution < 1.29 is 13.9 Å². The summed E-state index contributed by atoms with van der Waals surface area (Å²) in [4.78, 5) is 19.0. The standard InChI is InChI=1S/C21H25ClFN3O2/c1-14(2)26-9-3-4-15(13-26)12-25-21(27)19-11-17(7-8-24-19)28-20-6-5-16(22)10-18(20)23/h5-8,10-11,14-15H,3-4,9,12-13H2,1-2H3,(H,25,27). The number of benzene rings is 1. The van der Waals surface area contributed by atoms with E-state index in [0.29, 0.717) is 29.3 Å². The van der Waals surface area contributed by atoms with Gasteiger partial charge in [-0.3, -0.25) is 9.78 Å². The summed E-state index contributed by atoms with van der Waals surface area (Å²) in [7, 11) is 0. The van der Waals surface area contributed by atoms with E-state index in [1.54, 1.807) is 12.1 Å². The molecule has 1 aromatic carbocycles. The minimum Gasteiger partial charge on any atom is -0.454 e. The Balaban J connectivity index is 1.59. The van der Waals surface area contributed by atoms with Crippen LogP contribution in [0.1, 0.15) is 37.2 Å². The second kappa shape index (κ2) is 9.34. The second-order valence-corrected chi connectivity index (χ2v) is 7.80. The molecule has 0 radical (unpaired) electrons. The van der Waals surface area contributed by atoms with Gasteiger partial charge in [0.1, 0.15) is 11.4 Å². The molecule has 0 saturated carbocycles. The van der Waals surface area contributed by atoms with E-state index >= 15 is 0 Å². The van der Waals surface area contributed by atoms with Gasteiger partial charge >= 0.3 is 0 Å². The van der Waals surface area contributed by atoms with E-state index in [1.165, 1.54) is 24.4 Å². The van der Waals surface area contributed by atoms with E-state index in [1.807, 2.05) is 0 Å². The number of nitrogens with one attached hydrogen (secondary N) is 1. The Morgan fingerprint density at radius 2 is 2.21 bits per heavy atom. The fourth-order valence-corrected chi connectivity index (χ4v) is 3.50. The Hall–Kier alpha value is -2.18. The minimum absolute atomic E-state index is 0.0398. The summed E-state index contributed by atoms with van der Waals surface area (Å²) < 4.78 is 19.4. The van der Waals surface area contributed by atoms with Crippen LogP contribution in [0.4, 0.5) is 4.39 Å². The van der Waals surface area contributed by atoms with Crippen molar-refractivity contribution in [1.82, 2.24) is 15.2 Å². The number of aromatic nitrogens is 1. The average Bonchev–Trinajstić information content (AvgIpc) is 2.69. The summed E-state index contributed by atoms with van der Waals surface area (Å²) in [6.07, 6.45) is 3.72. The molecule has 1 aliphatic heterocycles. The van der Waals surface area contributed by atoms with E-state index in [4.69, 9.17) is 16.3 Å². The van der Waals surface area contributed by atoms with Crippen molar-refractivity contribution >= 4 is 17.5 Å². The lowest BCUT2D eigenvalue weighted by molar-refractivity contribution is 0.0917. The first-order valence-electron chi connectivity index (χ1n) is 9.53. The average molecular weight is 406 g/mol. The highest BCUT2D eigenvalue weighted by Gasteiger charge is 2.22. The molecule has 1 unspecified atom stereocenters. The number of amides is 1. The van der Waals surface area contributed by atoms with E-state index in [2.05, 4.69) is 29.0 Å². The molecule has 1 amide bonds. The zero-order chi connectivity index (χ0) is 20.1. The van der Waals surface area contributed by atoms with Crippen LogP contribution in [-0.2, 0) is 0 Å². The predicted molar refractivity (Wildman–Crippen MR) is 107 cm³/mol. The van der Waals surface area contributed by atoms with Crippen LogP contribution in [0.2, 0.25) is 5.02 Å². The Kier molecular flexibility index (Phi) is 6.86. The Morgan fingerprint density at radius 1 is 1.39 bits per heavy atom. The van der Waals surface area contributed by atoms with Gasteiger partial charge in [0.15, 0.2) is 11.6 Å². The number of pyridine rings is 1. The number of ether oxygens (including phenoxy) is 1. The van der Waals surface area contributed by atoms with Crippen molar-refractivity contribution in [3.63, 3.8) is 0 Å². The van der Waals surface area contributed by atoms with Crippen LogP contribution in [0.5, 0.6) is 11.5 Å². The number of carbonyl (C=O) groups excluding carboxylic acids is 1. The van der Waals surface area contributed by atoms with E-state index < -0.39 is 5.82 Å². The van der Waals surface area contributed by atoms with Gasteiger partial charge in [0.2, 0.25) is 0 Å². The molecule has 0 bridgehead atoms. The number of hydrogen-bond donors (Lipinski definition) is 1. The number of nitrogens with zero attached hydrogens (tertiary/aromatic N) is 2. The number of hydrogen-bond acceptors (Lipinski definition) is 4. The summed E-state index contributed by atoms with van der Waals surface area (Å²) in [6, 6.07) is 7.76. The van der Waals surface area contributed by atoms with Crippen LogP contribution in [0.3, 0.4) is 0 Å². The molecular formula is C21H25ClFN3O2. The van der Waals surface area contributed by atoms with Crippen LogP contribution in [0, 0.1) is 11.7 Å². The summed E-state index contributed by atoms with van der Waals surface area (Å²) in [6.45, 7) is 7.11. The molecule has 1 aromatic heterocycles. The molecular weight excluding hydrogens is 381 g/mol. The third kappa shape index (κ3) is 5.42. The first kappa shape index (κ1) is 20.6. The zero-order valence-electron chi connectivity index (χ0n) is 16.1. The maximum absolute atomic E-state index is 13.9. The molecule has 0 spiro atoms. The van der Waals surface area contributed by atoms with Crippen molar-refractivity contribution in [1.29, 1.82) is 0 Å². The van der Waals surface area contributed by atoms with Crippen LogP contribution < -0.4 is 10.1 Å². The van der Waals surface area contributed by atoms with Crippen molar-refractivity contribution in [3.8, 4) is 11.5 Å². The SMILES string of the molecule is CC(C)N1CCCC(CNC(=O)c2cc(Oc3ccc(Cl)cc3F)ccn2)C1. The van der Waals surface area contributed by atoms with Crippen LogP contribution >= 0.6 is 11.6 Å². The summed E-state index contributed by atoms with van der Waals surface area (Å²) in [5.41, 5.74) is 0.239. The fraction of sp³-hybridized carbons (Fsp3) is 0.429. The second-order valence-electron chi connectivity index (χ2n) is 7.36. The van der Waals surface area contributed by atoms with Crippen LogP contribution in [0.25, 0.3) is 0 Å². The molecule has 150 valence electrons. The summed E-state index contributed by atoms with van der Waals surface area (Å²) in [5.74, 6) is -0.0170. The third-order valence-electron chi connectivity index (χ3n) is 4.92. The van der Waals surface area contributed by atoms with Gasteiger partial charge in [0, 0.05) is 36.4 Å². The van der Waals surface area contributed by atoms with Crippen molar-refractivity contribution in [3.05, 3.63) is 53.1 Å². The highest BCUT2D eigenvalue weighted by Crippen LogP contribution is 2.26. The summed E-state index contributed by atoms with van der Waals surface area (Å²) >= 11 is 5.75. The van der Waals surface area contributed by atoms with Gasteiger partial charge < -0.3 is 15.0 Å². The topological polar surface area (TPSA) is 54.5 Å². The number of carbonyl (C=O) groups is 1. The highest BCUT2D eigenvalue weighted by atomic mass is 35.5. The lowest BCUT2D eigenvalue weighted by Gasteiger charge is -2.35. The smallest absolute Gasteiger partial charge is 0.270 e. The first-order valence-corrected chi connectivity index (χ1v) is 9.91. The third-order valence-corrected chi connectivity index (χ3v) is 5.15. The van der Waals surface area contributed by atoms with Gasteiger partial charge in [-0.25, -0.2) is 4.39 Å². The molecule has 0 aliphatic carbocycles. The molecule has 1 N–H and O–H groups in total. The molecule has 2 heterocycles. The number of piperidine rings is 1. The van der Waals surface area contributed by atoms with Crippen molar-refractivity contribution in [2.24, 2.45) is 5.92 Å². The Bertz CT molecular complexity index is 831. The van der Waals surface area contributed by atoms with Crippen molar-refractivity contribution in [2.45, 2.75) is 32.7 Å². The van der Waals surface area contributed by atoms with E-state index in [0.717, 1.165) is 25.9 Å². The fourth-order valence-electron chi connectivity index (χ4n) is 3.34. The van der Waals surface area contributed by atoms with Crippen LogP contribution in [-0.4, -0.2) is 41.5 Å². The normalized spacial score (nSPS) is 17.5. The predicted octanol–water partition coefficient (Wildman–Crippen LogP) is 4.52. The number of halogens is 2. The molecule has 1 fully saturated rings. The molecule has 28 heavy (non-hydrogen) atoms. The monoisotopic (exact) mass is 405 g/mol. The zero-order valence-corrected chi connectivity index (χ0v) is 16.9. The van der Waals surface area contributed by atoms with Crippen molar-refractivity contribution in [2.75, 3.05) is 19.6 Å². The molecule has 1 aliphatic rings. The minimum atomic E-state index is -0.567. The quantitative estimate of drug-likeness (QED) is 0.767. The summed E-state index contributed by atoms with van der Waals surface area (Å²) in [5, 5.41) is 3.25. The van der Waals surface area contributed by atoms with Gasteiger partial charge in [-0.05, 0) is 63.4 Å². The molecule has 2 aromatic rings. The molecule has 5 nitrogen and oxygen atoms in total. The van der Waals surface area contributed by atoms with E-state index in [9.17, 15) is 9.18 Å². The lowest BCUT2D eigenvalue weighted by atomic mass is 9.97. The van der Waals surface area contributed by atoms with Gasteiger partial charge in [-0.2, -0.15) is 0 Å². The maximum atomic E-state index is 13.9. The highest BCUT2D eigenvalue weighted by molar-refractivity contribution is 6.30.